The third-order valence-corrected chi connectivity index (χ3v) is 7.13. The molecule has 3 aromatic carbocycles. The second-order valence-electron chi connectivity index (χ2n) is 9.00. The number of carbonyl (C=O) groups excluding carboxylic acids is 1. The molecule has 1 fully saturated rings. The van der Waals surface area contributed by atoms with Crippen molar-refractivity contribution in [3.63, 3.8) is 0 Å². The van der Waals surface area contributed by atoms with Crippen molar-refractivity contribution in [2.45, 2.75) is 31.7 Å². The maximum absolute atomic E-state index is 13.8. The molecule has 0 aliphatic carbocycles. The standard InChI is InChI=1S/C25H20BrNO6/c1-25(2)23-22(31-24(29)32-23)19-17(33-25)10-16(30-4)18-20(19)27(3)15-9-11-5-6-13(26)7-12(11)8-14(15)21(18)28/h5-10,22-23H,1-4H3/t22-,23-/m1/s1. The molecule has 33 heavy (non-hydrogen) atoms. The number of carbonyl (C=O) groups is 1. The van der Waals surface area contributed by atoms with Gasteiger partial charge in [0, 0.05) is 23.0 Å². The predicted molar refractivity (Wildman–Crippen MR) is 127 cm³/mol. The lowest BCUT2D eigenvalue weighted by atomic mass is 9.86. The molecule has 7 nitrogen and oxygen atoms in total. The van der Waals surface area contributed by atoms with Crippen LogP contribution >= 0.6 is 15.9 Å². The van der Waals surface area contributed by atoms with Crippen molar-refractivity contribution in [1.82, 2.24) is 4.57 Å². The molecule has 1 aromatic heterocycles. The van der Waals surface area contributed by atoms with Crippen LogP contribution in [0.3, 0.4) is 0 Å². The van der Waals surface area contributed by atoms with Gasteiger partial charge in [0.15, 0.2) is 12.2 Å². The Labute approximate surface area is 196 Å². The second kappa shape index (κ2) is 6.63. The number of rotatable bonds is 1. The van der Waals surface area contributed by atoms with E-state index >= 15 is 0 Å². The van der Waals surface area contributed by atoms with E-state index in [4.69, 9.17) is 18.9 Å². The molecular weight excluding hydrogens is 490 g/mol. The van der Waals surface area contributed by atoms with Crippen LogP contribution in [-0.2, 0) is 16.5 Å². The molecule has 6 rings (SSSR count). The van der Waals surface area contributed by atoms with Gasteiger partial charge in [0.1, 0.15) is 17.1 Å². The maximum Gasteiger partial charge on any atom is 0.509 e. The minimum absolute atomic E-state index is 0.161. The zero-order valence-electron chi connectivity index (χ0n) is 18.4. The Bertz CT molecular complexity index is 1590. The van der Waals surface area contributed by atoms with Gasteiger partial charge in [-0.1, -0.05) is 22.0 Å². The summed E-state index contributed by atoms with van der Waals surface area (Å²) in [6.45, 7) is 3.69. The zero-order chi connectivity index (χ0) is 23.2. The summed E-state index contributed by atoms with van der Waals surface area (Å²) < 4.78 is 25.8. The number of nitrogens with zero attached hydrogens (tertiary/aromatic N) is 1. The Hall–Kier alpha value is -3.26. The van der Waals surface area contributed by atoms with Crippen LogP contribution in [-0.4, -0.2) is 29.5 Å². The van der Waals surface area contributed by atoms with Crippen molar-refractivity contribution in [3.8, 4) is 11.5 Å². The zero-order valence-corrected chi connectivity index (χ0v) is 20.0. The van der Waals surface area contributed by atoms with E-state index in [-0.39, 0.29) is 5.43 Å². The Morgan fingerprint density at radius 1 is 1.06 bits per heavy atom. The average molecular weight is 510 g/mol. The Kier molecular flexibility index (Phi) is 4.09. The van der Waals surface area contributed by atoms with E-state index in [1.54, 1.807) is 6.07 Å². The average Bonchev–Trinajstić information content (AvgIpc) is 3.17. The molecule has 4 aromatic rings. The van der Waals surface area contributed by atoms with Gasteiger partial charge in [-0.2, -0.15) is 0 Å². The van der Waals surface area contributed by atoms with Gasteiger partial charge in [-0.15, -0.1) is 0 Å². The van der Waals surface area contributed by atoms with E-state index in [1.165, 1.54) is 7.11 Å². The monoisotopic (exact) mass is 509 g/mol. The van der Waals surface area contributed by atoms with Crippen LogP contribution in [0.2, 0.25) is 0 Å². The van der Waals surface area contributed by atoms with Crippen molar-refractivity contribution in [2.24, 2.45) is 7.05 Å². The van der Waals surface area contributed by atoms with Crippen LogP contribution in [0.5, 0.6) is 11.5 Å². The molecule has 2 atom stereocenters. The number of aryl methyl sites for hydroxylation is 1. The van der Waals surface area contributed by atoms with Crippen molar-refractivity contribution in [3.05, 3.63) is 56.7 Å². The molecule has 0 saturated carbocycles. The van der Waals surface area contributed by atoms with Crippen molar-refractivity contribution < 1.29 is 23.7 Å². The first-order chi connectivity index (χ1) is 15.7. The van der Waals surface area contributed by atoms with Crippen LogP contribution in [0.25, 0.3) is 32.6 Å². The molecule has 0 unspecified atom stereocenters. The summed E-state index contributed by atoms with van der Waals surface area (Å²) >= 11 is 3.50. The number of hydrogen-bond acceptors (Lipinski definition) is 6. The first-order valence-corrected chi connectivity index (χ1v) is 11.3. The number of pyridine rings is 1. The fourth-order valence-corrected chi connectivity index (χ4v) is 5.49. The largest absolute Gasteiger partial charge is 0.509 e. The van der Waals surface area contributed by atoms with Gasteiger partial charge >= 0.3 is 6.16 Å². The summed E-state index contributed by atoms with van der Waals surface area (Å²) in [5, 5.41) is 2.93. The normalized spacial score (nSPS) is 20.8. The third kappa shape index (κ3) is 2.73. The number of hydrogen-bond donors (Lipinski definition) is 0. The summed E-state index contributed by atoms with van der Waals surface area (Å²) in [5.41, 5.74) is 0.984. The number of aromatic nitrogens is 1. The molecule has 8 heteroatoms. The highest BCUT2D eigenvalue weighted by Gasteiger charge is 2.54. The number of benzene rings is 3. The maximum atomic E-state index is 13.8. The minimum Gasteiger partial charge on any atom is -0.496 e. The third-order valence-electron chi connectivity index (χ3n) is 6.64. The topological polar surface area (TPSA) is 76.0 Å². The smallest absolute Gasteiger partial charge is 0.496 e. The lowest BCUT2D eigenvalue weighted by Gasteiger charge is -2.39. The Morgan fingerprint density at radius 3 is 2.61 bits per heavy atom. The lowest BCUT2D eigenvalue weighted by molar-refractivity contribution is -0.0499. The molecule has 2 aliphatic rings. The quantitative estimate of drug-likeness (QED) is 0.254. The fourth-order valence-electron chi connectivity index (χ4n) is 5.11. The summed E-state index contributed by atoms with van der Waals surface area (Å²) in [7, 11) is 3.42. The number of fused-ring (bicyclic) bond motifs is 7. The van der Waals surface area contributed by atoms with E-state index in [1.807, 2.05) is 55.8 Å². The van der Waals surface area contributed by atoms with Gasteiger partial charge in [-0.05, 0) is 48.9 Å². The molecule has 168 valence electrons. The van der Waals surface area contributed by atoms with Gasteiger partial charge in [0.05, 0.1) is 29.1 Å². The SMILES string of the molecule is COc1cc2c(c3c1c(=O)c1cc4cc(Br)ccc4cc1n3C)[C@H]1OC(=O)O[C@H]1C(C)(C)O2. The summed E-state index contributed by atoms with van der Waals surface area (Å²) in [6, 6.07) is 11.5. The molecule has 0 spiro atoms. The molecule has 0 N–H and O–H groups in total. The van der Waals surface area contributed by atoms with Gasteiger partial charge < -0.3 is 23.5 Å². The van der Waals surface area contributed by atoms with Gasteiger partial charge in [-0.25, -0.2) is 4.79 Å². The summed E-state index contributed by atoms with van der Waals surface area (Å²) in [4.78, 5) is 25.9. The first kappa shape index (κ1) is 20.4. The Balaban J connectivity index is 1.80. The van der Waals surface area contributed by atoms with E-state index in [0.717, 1.165) is 20.8 Å². The predicted octanol–water partition coefficient (Wildman–Crippen LogP) is 5.36. The summed E-state index contributed by atoms with van der Waals surface area (Å²) in [6.07, 6.45) is -2.10. The molecule has 0 bridgehead atoms. The lowest BCUT2D eigenvalue weighted by Crippen LogP contribution is -2.48. The van der Waals surface area contributed by atoms with E-state index in [0.29, 0.717) is 33.4 Å². The molecule has 0 amide bonds. The Morgan fingerprint density at radius 2 is 1.85 bits per heavy atom. The second-order valence-corrected chi connectivity index (χ2v) is 9.91. The number of ether oxygens (including phenoxy) is 4. The number of methoxy groups -OCH3 is 1. The van der Waals surface area contributed by atoms with Crippen molar-refractivity contribution in [2.75, 3.05) is 7.11 Å². The minimum atomic E-state index is -0.818. The molecule has 0 radical (unpaired) electrons. The molecule has 2 aliphatic heterocycles. The van der Waals surface area contributed by atoms with E-state index in [9.17, 15) is 9.59 Å². The fraction of sp³-hybridized carbons (Fsp3) is 0.280. The number of halogens is 1. The van der Waals surface area contributed by atoms with Gasteiger partial charge in [0.25, 0.3) is 0 Å². The van der Waals surface area contributed by atoms with Crippen LogP contribution in [0.4, 0.5) is 4.79 Å². The van der Waals surface area contributed by atoms with Crippen molar-refractivity contribution in [1.29, 1.82) is 0 Å². The van der Waals surface area contributed by atoms with E-state index in [2.05, 4.69) is 15.9 Å². The highest BCUT2D eigenvalue weighted by molar-refractivity contribution is 9.10. The van der Waals surface area contributed by atoms with Crippen LogP contribution in [0.15, 0.2) is 45.7 Å². The van der Waals surface area contributed by atoms with Gasteiger partial charge in [0.2, 0.25) is 5.43 Å². The van der Waals surface area contributed by atoms with Crippen LogP contribution < -0.4 is 14.9 Å². The molecule has 1 saturated heterocycles. The highest BCUT2D eigenvalue weighted by atomic mass is 79.9. The highest BCUT2D eigenvalue weighted by Crippen LogP contribution is 2.51. The summed E-state index contributed by atoms with van der Waals surface area (Å²) in [5.74, 6) is 0.906. The van der Waals surface area contributed by atoms with Gasteiger partial charge in [-0.3, -0.25) is 4.79 Å². The molecular formula is C25H20BrNO6. The van der Waals surface area contributed by atoms with Crippen molar-refractivity contribution >= 4 is 54.7 Å². The molecule has 3 heterocycles. The first-order valence-electron chi connectivity index (χ1n) is 10.5. The van der Waals surface area contributed by atoms with Crippen LogP contribution in [0.1, 0.15) is 25.5 Å². The van der Waals surface area contributed by atoms with E-state index < -0.39 is 24.0 Å². The van der Waals surface area contributed by atoms with Crippen LogP contribution in [0, 0.1) is 0 Å².